The smallest absolute Gasteiger partial charge is 0.255 e. The molecule has 1 aromatic carbocycles. The number of benzene rings is 1. The molecular formula is C15H15N7O. The first-order valence-corrected chi connectivity index (χ1v) is 7.37. The van der Waals surface area contributed by atoms with Crippen molar-refractivity contribution in [1.82, 2.24) is 24.5 Å². The van der Waals surface area contributed by atoms with Crippen LogP contribution >= 0.6 is 0 Å². The normalized spacial score (nSPS) is 13.2. The van der Waals surface area contributed by atoms with E-state index in [1.54, 1.807) is 35.6 Å². The molecule has 116 valence electrons. The van der Waals surface area contributed by atoms with Gasteiger partial charge in [-0.3, -0.25) is 9.36 Å². The van der Waals surface area contributed by atoms with Crippen LogP contribution in [-0.2, 0) is 6.54 Å². The quantitative estimate of drug-likeness (QED) is 0.766. The number of aromatic nitrogens is 5. The van der Waals surface area contributed by atoms with Gasteiger partial charge in [0.05, 0.1) is 6.20 Å². The Kier molecular flexibility index (Phi) is 3.26. The first-order valence-electron chi connectivity index (χ1n) is 7.37. The van der Waals surface area contributed by atoms with Crippen molar-refractivity contribution in [3.63, 3.8) is 0 Å². The van der Waals surface area contributed by atoms with E-state index in [1.165, 1.54) is 0 Å². The minimum atomic E-state index is -0.163. The van der Waals surface area contributed by atoms with Gasteiger partial charge in [0.2, 0.25) is 0 Å². The Hall–Kier alpha value is -3.16. The van der Waals surface area contributed by atoms with Gasteiger partial charge in [0.1, 0.15) is 24.2 Å². The van der Waals surface area contributed by atoms with Crippen LogP contribution in [0.5, 0.6) is 0 Å². The lowest BCUT2D eigenvalue weighted by molar-refractivity contribution is 0.102. The van der Waals surface area contributed by atoms with Crippen molar-refractivity contribution in [3.8, 4) is 5.69 Å². The second-order valence-electron chi connectivity index (χ2n) is 5.28. The van der Waals surface area contributed by atoms with Crippen molar-refractivity contribution in [2.24, 2.45) is 0 Å². The number of hydrogen-bond donors (Lipinski definition) is 2. The zero-order valence-corrected chi connectivity index (χ0v) is 12.3. The third kappa shape index (κ3) is 2.54. The topological polar surface area (TPSA) is 89.7 Å². The summed E-state index contributed by atoms with van der Waals surface area (Å²) in [5.41, 5.74) is 2.19. The van der Waals surface area contributed by atoms with E-state index < -0.39 is 0 Å². The molecule has 0 fully saturated rings. The van der Waals surface area contributed by atoms with Crippen LogP contribution in [0.3, 0.4) is 0 Å². The molecule has 0 unspecified atom stereocenters. The van der Waals surface area contributed by atoms with Crippen LogP contribution in [0.25, 0.3) is 5.69 Å². The molecule has 0 radical (unpaired) electrons. The number of fused-ring (bicyclic) bond motifs is 1. The molecule has 8 heteroatoms. The fourth-order valence-corrected chi connectivity index (χ4v) is 2.58. The second kappa shape index (κ2) is 5.56. The number of rotatable bonds is 3. The maximum Gasteiger partial charge on any atom is 0.255 e. The largest absolute Gasteiger partial charge is 0.368 e. The number of carbonyl (C=O) groups is 1. The highest BCUT2D eigenvalue weighted by Gasteiger charge is 2.16. The molecule has 0 saturated heterocycles. The Morgan fingerprint density at radius 1 is 1.17 bits per heavy atom. The van der Waals surface area contributed by atoms with Crippen LogP contribution in [-0.4, -0.2) is 37.0 Å². The Morgan fingerprint density at radius 3 is 2.74 bits per heavy atom. The van der Waals surface area contributed by atoms with Crippen LogP contribution in [0.4, 0.5) is 11.5 Å². The number of aryl methyl sites for hydroxylation is 1. The van der Waals surface area contributed by atoms with Gasteiger partial charge in [-0.25, -0.2) is 4.68 Å². The molecule has 0 atom stereocenters. The predicted octanol–water partition coefficient (Wildman–Crippen LogP) is 1.53. The van der Waals surface area contributed by atoms with Crippen molar-refractivity contribution in [2.75, 3.05) is 17.2 Å². The van der Waals surface area contributed by atoms with Crippen LogP contribution in [0, 0.1) is 0 Å². The summed E-state index contributed by atoms with van der Waals surface area (Å²) >= 11 is 0. The summed E-state index contributed by atoms with van der Waals surface area (Å²) in [6, 6.07) is 7.25. The zero-order chi connectivity index (χ0) is 15.6. The number of nitrogens with zero attached hydrogens (tertiary/aromatic N) is 5. The number of amides is 1. The highest BCUT2D eigenvalue weighted by molar-refractivity contribution is 6.05. The summed E-state index contributed by atoms with van der Waals surface area (Å²) in [5, 5.41) is 18.0. The van der Waals surface area contributed by atoms with E-state index in [2.05, 4.69) is 25.9 Å². The van der Waals surface area contributed by atoms with E-state index in [4.69, 9.17) is 0 Å². The summed E-state index contributed by atoms with van der Waals surface area (Å²) in [5.74, 6) is 0.703. The first-order chi connectivity index (χ1) is 11.3. The third-order valence-electron chi connectivity index (χ3n) is 3.77. The molecule has 1 amide bonds. The van der Waals surface area contributed by atoms with Gasteiger partial charge in [0, 0.05) is 24.3 Å². The van der Waals surface area contributed by atoms with Gasteiger partial charge in [0.25, 0.3) is 5.91 Å². The zero-order valence-electron chi connectivity index (χ0n) is 12.3. The molecule has 0 bridgehead atoms. The molecule has 3 heterocycles. The van der Waals surface area contributed by atoms with Crippen LogP contribution in [0.1, 0.15) is 16.8 Å². The molecule has 0 aliphatic carbocycles. The van der Waals surface area contributed by atoms with E-state index in [0.717, 1.165) is 31.0 Å². The molecule has 2 N–H and O–H groups in total. The molecule has 0 spiro atoms. The first kappa shape index (κ1) is 13.5. The number of anilines is 2. The van der Waals surface area contributed by atoms with Crippen LogP contribution in [0.15, 0.2) is 43.1 Å². The van der Waals surface area contributed by atoms with Gasteiger partial charge in [-0.1, -0.05) is 0 Å². The van der Waals surface area contributed by atoms with Crippen molar-refractivity contribution in [2.45, 2.75) is 13.0 Å². The SMILES string of the molecule is O=C(Nc1cnn2c1NCCC2)c1ccc(-n2cnnc2)cc1. The number of nitrogens with one attached hydrogen (secondary N) is 2. The van der Waals surface area contributed by atoms with E-state index in [0.29, 0.717) is 11.3 Å². The molecule has 4 rings (SSSR count). The lowest BCUT2D eigenvalue weighted by atomic mass is 10.2. The molecule has 2 aromatic heterocycles. The molecular weight excluding hydrogens is 294 g/mol. The Bertz CT molecular complexity index is 820. The highest BCUT2D eigenvalue weighted by atomic mass is 16.1. The Labute approximate surface area is 132 Å². The van der Waals surface area contributed by atoms with Crippen molar-refractivity contribution in [3.05, 3.63) is 48.7 Å². The van der Waals surface area contributed by atoms with E-state index >= 15 is 0 Å². The minimum Gasteiger partial charge on any atom is -0.368 e. The molecule has 1 aliphatic heterocycles. The monoisotopic (exact) mass is 309 g/mol. The van der Waals surface area contributed by atoms with Gasteiger partial charge in [0.15, 0.2) is 0 Å². The lowest BCUT2D eigenvalue weighted by Crippen LogP contribution is -2.19. The summed E-state index contributed by atoms with van der Waals surface area (Å²) < 4.78 is 3.65. The average molecular weight is 309 g/mol. The minimum absolute atomic E-state index is 0.163. The standard InChI is InChI=1S/C15H15N7O/c23-15(20-13-8-19-22-7-1-6-16-14(13)22)11-2-4-12(5-3-11)21-9-17-18-10-21/h2-5,8-10,16H,1,6-7H2,(H,20,23). The number of carbonyl (C=O) groups excluding carboxylic acids is 1. The molecule has 0 saturated carbocycles. The fourth-order valence-electron chi connectivity index (χ4n) is 2.58. The van der Waals surface area contributed by atoms with Crippen LogP contribution < -0.4 is 10.6 Å². The van der Waals surface area contributed by atoms with Crippen molar-refractivity contribution < 1.29 is 4.79 Å². The van der Waals surface area contributed by atoms with Crippen molar-refractivity contribution >= 4 is 17.4 Å². The average Bonchev–Trinajstić information content (AvgIpc) is 3.25. The number of hydrogen-bond acceptors (Lipinski definition) is 5. The summed E-state index contributed by atoms with van der Waals surface area (Å²) in [6.07, 6.45) is 5.93. The lowest BCUT2D eigenvalue weighted by Gasteiger charge is -2.17. The predicted molar refractivity (Wildman–Crippen MR) is 84.6 cm³/mol. The van der Waals surface area contributed by atoms with E-state index in [9.17, 15) is 4.79 Å². The summed E-state index contributed by atoms with van der Waals surface area (Å²) in [6.45, 7) is 1.76. The van der Waals surface area contributed by atoms with Gasteiger partial charge in [-0.15, -0.1) is 10.2 Å². The van der Waals surface area contributed by atoms with Gasteiger partial charge in [-0.2, -0.15) is 5.10 Å². The molecule has 23 heavy (non-hydrogen) atoms. The fraction of sp³-hybridized carbons (Fsp3) is 0.200. The van der Waals surface area contributed by atoms with Gasteiger partial charge >= 0.3 is 0 Å². The summed E-state index contributed by atoms with van der Waals surface area (Å²) in [7, 11) is 0. The highest BCUT2D eigenvalue weighted by Crippen LogP contribution is 2.24. The van der Waals surface area contributed by atoms with E-state index in [-0.39, 0.29) is 5.91 Å². The molecule has 8 nitrogen and oxygen atoms in total. The van der Waals surface area contributed by atoms with Crippen LogP contribution in [0.2, 0.25) is 0 Å². The van der Waals surface area contributed by atoms with Crippen molar-refractivity contribution in [1.29, 1.82) is 0 Å². The molecule has 3 aromatic rings. The maximum absolute atomic E-state index is 12.4. The summed E-state index contributed by atoms with van der Waals surface area (Å²) in [4.78, 5) is 12.4. The second-order valence-corrected chi connectivity index (χ2v) is 5.28. The van der Waals surface area contributed by atoms with Gasteiger partial charge in [-0.05, 0) is 30.7 Å². The third-order valence-corrected chi connectivity index (χ3v) is 3.77. The van der Waals surface area contributed by atoms with E-state index in [1.807, 2.05) is 16.8 Å². The molecule has 1 aliphatic rings. The van der Waals surface area contributed by atoms with Gasteiger partial charge < -0.3 is 10.6 Å². The Morgan fingerprint density at radius 2 is 1.96 bits per heavy atom. The Balaban J connectivity index is 1.52. The maximum atomic E-state index is 12.4.